The Hall–Kier alpha value is -2.62. The van der Waals surface area contributed by atoms with Crippen LogP contribution in [0.15, 0.2) is 36.4 Å². The average molecular weight is 272 g/mol. The lowest BCUT2D eigenvalue weighted by atomic mass is 10.1. The van der Waals surface area contributed by atoms with Crippen molar-refractivity contribution in [3.8, 4) is 23.0 Å². The molecule has 0 bridgehead atoms. The monoisotopic (exact) mass is 272 g/mol. The minimum absolute atomic E-state index is 0.0168. The quantitative estimate of drug-likeness (QED) is 0.838. The van der Waals surface area contributed by atoms with Gasteiger partial charge in [-0.15, -0.1) is 0 Å². The molecule has 0 saturated carbocycles. The van der Waals surface area contributed by atoms with E-state index >= 15 is 0 Å². The van der Waals surface area contributed by atoms with Crippen molar-refractivity contribution in [2.24, 2.45) is 0 Å². The first-order chi connectivity index (χ1) is 9.63. The van der Waals surface area contributed by atoms with E-state index in [4.69, 9.17) is 9.47 Å². The Morgan fingerprint density at radius 3 is 2.25 bits per heavy atom. The predicted octanol–water partition coefficient (Wildman–Crippen LogP) is 3.29. The Labute approximate surface area is 117 Å². The third kappa shape index (κ3) is 3.03. The number of phenolic OH excluding ortho intramolecular Hbond substituents is 2. The molecule has 4 heteroatoms. The maximum atomic E-state index is 9.73. The van der Waals surface area contributed by atoms with Crippen molar-refractivity contribution < 1.29 is 19.7 Å². The van der Waals surface area contributed by atoms with Crippen molar-refractivity contribution in [2.45, 2.75) is 0 Å². The normalized spacial score (nSPS) is 10.7. The Bertz CT molecular complexity index is 632. The van der Waals surface area contributed by atoms with Gasteiger partial charge in [0.25, 0.3) is 0 Å². The van der Waals surface area contributed by atoms with Crippen LogP contribution in [-0.4, -0.2) is 24.4 Å². The van der Waals surface area contributed by atoms with Crippen molar-refractivity contribution in [1.29, 1.82) is 0 Å². The standard InChI is InChI=1S/C16H16O4/c1-19-14-7-8-16(20-2)12(9-14)4-3-11-5-6-13(17)10-15(11)18/h3-10,17-18H,1-2H3/b4-3+. The van der Waals surface area contributed by atoms with Gasteiger partial charge in [-0.05, 0) is 30.3 Å². The molecular formula is C16H16O4. The number of phenols is 2. The second-order valence-corrected chi connectivity index (χ2v) is 4.18. The van der Waals surface area contributed by atoms with Gasteiger partial charge in [0, 0.05) is 17.2 Å². The minimum atomic E-state index is 0.0168. The first-order valence-corrected chi connectivity index (χ1v) is 6.06. The Kier molecular flexibility index (Phi) is 4.15. The molecule has 2 rings (SSSR count). The van der Waals surface area contributed by atoms with Gasteiger partial charge in [-0.3, -0.25) is 0 Å². The van der Waals surface area contributed by atoms with Crippen LogP contribution >= 0.6 is 0 Å². The van der Waals surface area contributed by atoms with Gasteiger partial charge in [-0.1, -0.05) is 12.2 Å². The van der Waals surface area contributed by atoms with Crippen molar-refractivity contribution in [3.05, 3.63) is 47.5 Å². The van der Waals surface area contributed by atoms with E-state index in [1.54, 1.807) is 26.4 Å². The first-order valence-electron chi connectivity index (χ1n) is 6.06. The van der Waals surface area contributed by atoms with Gasteiger partial charge in [0.1, 0.15) is 23.0 Å². The second-order valence-electron chi connectivity index (χ2n) is 4.18. The second kappa shape index (κ2) is 6.02. The minimum Gasteiger partial charge on any atom is -0.508 e. The molecule has 0 aliphatic rings. The molecule has 2 aromatic carbocycles. The fourth-order valence-electron chi connectivity index (χ4n) is 1.82. The van der Waals surface area contributed by atoms with Gasteiger partial charge < -0.3 is 19.7 Å². The molecule has 0 spiro atoms. The predicted molar refractivity (Wildman–Crippen MR) is 78.2 cm³/mol. The van der Waals surface area contributed by atoms with Crippen LogP contribution in [0.3, 0.4) is 0 Å². The maximum absolute atomic E-state index is 9.73. The van der Waals surface area contributed by atoms with Crippen LogP contribution < -0.4 is 9.47 Å². The van der Waals surface area contributed by atoms with E-state index < -0.39 is 0 Å². The summed E-state index contributed by atoms with van der Waals surface area (Å²) in [4.78, 5) is 0. The van der Waals surface area contributed by atoms with E-state index in [0.29, 0.717) is 11.3 Å². The number of ether oxygens (including phenoxy) is 2. The third-order valence-electron chi connectivity index (χ3n) is 2.89. The van der Waals surface area contributed by atoms with Crippen LogP contribution in [0.5, 0.6) is 23.0 Å². The van der Waals surface area contributed by atoms with Crippen LogP contribution in [0.25, 0.3) is 12.2 Å². The van der Waals surface area contributed by atoms with Gasteiger partial charge in [0.15, 0.2) is 0 Å². The summed E-state index contributed by atoms with van der Waals surface area (Å²) in [5, 5.41) is 19.0. The summed E-state index contributed by atoms with van der Waals surface area (Å²) < 4.78 is 10.4. The molecule has 0 atom stereocenters. The summed E-state index contributed by atoms with van der Waals surface area (Å²) in [6.07, 6.45) is 3.56. The van der Waals surface area contributed by atoms with E-state index in [-0.39, 0.29) is 11.5 Å². The molecule has 0 saturated heterocycles. The zero-order valence-corrected chi connectivity index (χ0v) is 11.3. The highest BCUT2D eigenvalue weighted by atomic mass is 16.5. The average Bonchev–Trinajstić information content (AvgIpc) is 2.46. The molecule has 2 N–H and O–H groups in total. The SMILES string of the molecule is COc1ccc(OC)c(/C=C/c2ccc(O)cc2O)c1. The number of benzene rings is 2. The zero-order valence-electron chi connectivity index (χ0n) is 11.3. The van der Waals surface area contributed by atoms with Crippen LogP contribution in [-0.2, 0) is 0 Å². The Balaban J connectivity index is 2.34. The lowest BCUT2D eigenvalue weighted by molar-refractivity contribution is 0.402. The molecule has 0 radical (unpaired) electrons. The number of hydrogen-bond donors (Lipinski definition) is 2. The van der Waals surface area contributed by atoms with E-state index in [2.05, 4.69) is 0 Å². The highest BCUT2D eigenvalue weighted by Gasteiger charge is 2.03. The topological polar surface area (TPSA) is 58.9 Å². The highest BCUT2D eigenvalue weighted by molar-refractivity contribution is 5.75. The Morgan fingerprint density at radius 2 is 1.60 bits per heavy atom. The number of rotatable bonds is 4. The lowest BCUT2D eigenvalue weighted by Crippen LogP contribution is -1.89. The number of hydrogen-bond acceptors (Lipinski definition) is 4. The third-order valence-corrected chi connectivity index (χ3v) is 2.89. The Morgan fingerprint density at radius 1 is 0.850 bits per heavy atom. The largest absolute Gasteiger partial charge is 0.508 e. The summed E-state index contributed by atoms with van der Waals surface area (Å²) in [5.74, 6) is 1.47. The molecule has 0 amide bonds. The molecule has 0 aliphatic heterocycles. The van der Waals surface area contributed by atoms with Gasteiger partial charge in [0.2, 0.25) is 0 Å². The number of aromatic hydroxyl groups is 2. The molecule has 0 fully saturated rings. The molecule has 20 heavy (non-hydrogen) atoms. The van der Waals surface area contributed by atoms with E-state index in [1.807, 2.05) is 24.3 Å². The molecule has 0 heterocycles. The molecule has 0 aromatic heterocycles. The fraction of sp³-hybridized carbons (Fsp3) is 0.125. The van der Waals surface area contributed by atoms with Gasteiger partial charge in [-0.2, -0.15) is 0 Å². The smallest absolute Gasteiger partial charge is 0.126 e. The van der Waals surface area contributed by atoms with Crippen LogP contribution in [0, 0.1) is 0 Å². The van der Waals surface area contributed by atoms with Gasteiger partial charge >= 0.3 is 0 Å². The molecule has 0 aliphatic carbocycles. The molecule has 0 unspecified atom stereocenters. The van der Waals surface area contributed by atoms with E-state index in [9.17, 15) is 10.2 Å². The molecule has 4 nitrogen and oxygen atoms in total. The van der Waals surface area contributed by atoms with Gasteiger partial charge in [-0.25, -0.2) is 0 Å². The lowest BCUT2D eigenvalue weighted by Gasteiger charge is -2.07. The summed E-state index contributed by atoms with van der Waals surface area (Å²) in [7, 11) is 3.19. The van der Waals surface area contributed by atoms with Crippen LogP contribution in [0.1, 0.15) is 11.1 Å². The van der Waals surface area contributed by atoms with E-state index in [0.717, 1.165) is 11.3 Å². The summed E-state index contributed by atoms with van der Waals surface area (Å²) >= 11 is 0. The van der Waals surface area contributed by atoms with Crippen molar-refractivity contribution in [2.75, 3.05) is 14.2 Å². The fourth-order valence-corrected chi connectivity index (χ4v) is 1.82. The first kappa shape index (κ1) is 13.8. The van der Waals surface area contributed by atoms with Crippen LogP contribution in [0.2, 0.25) is 0 Å². The molecular weight excluding hydrogens is 256 g/mol. The van der Waals surface area contributed by atoms with E-state index in [1.165, 1.54) is 12.1 Å². The van der Waals surface area contributed by atoms with Crippen molar-refractivity contribution >= 4 is 12.2 Å². The summed E-state index contributed by atoms with van der Waals surface area (Å²) in [5.41, 5.74) is 1.44. The molecule has 2 aromatic rings. The van der Waals surface area contributed by atoms with Gasteiger partial charge in [0.05, 0.1) is 14.2 Å². The van der Waals surface area contributed by atoms with Crippen molar-refractivity contribution in [1.82, 2.24) is 0 Å². The number of methoxy groups -OCH3 is 2. The summed E-state index contributed by atoms with van der Waals surface area (Å²) in [6, 6.07) is 9.91. The summed E-state index contributed by atoms with van der Waals surface area (Å²) in [6.45, 7) is 0. The maximum Gasteiger partial charge on any atom is 0.126 e. The zero-order chi connectivity index (χ0) is 14.5. The van der Waals surface area contributed by atoms with Crippen LogP contribution in [0.4, 0.5) is 0 Å². The molecule has 104 valence electrons. The highest BCUT2D eigenvalue weighted by Crippen LogP contribution is 2.28. The van der Waals surface area contributed by atoms with Crippen molar-refractivity contribution in [3.63, 3.8) is 0 Å².